The molecule has 0 aliphatic carbocycles. The zero-order valence-electron chi connectivity index (χ0n) is 12.0. The van der Waals surface area contributed by atoms with Gasteiger partial charge in [-0.25, -0.2) is 0 Å². The topological polar surface area (TPSA) is 59.1 Å². The van der Waals surface area contributed by atoms with Crippen molar-refractivity contribution < 1.29 is 19.1 Å². The first-order chi connectivity index (χ1) is 9.60. The van der Waals surface area contributed by atoms with Gasteiger partial charge in [0.2, 0.25) is 11.8 Å². The SMILES string of the molecule is CN1CC2(CCN(C(=O)[C@H]3CCOC3)CC2)OCC1=O. The number of amides is 2. The fourth-order valence-corrected chi connectivity index (χ4v) is 3.32. The van der Waals surface area contributed by atoms with E-state index in [2.05, 4.69) is 0 Å². The van der Waals surface area contributed by atoms with Crippen LogP contribution in [0.1, 0.15) is 19.3 Å². The smallest absolute Gasteiger partial charge is 0.248 e. The molecule has 3 heterocycles. The number of carbonyl (C=O) groups excluding carboxylic acids is 2. The molecule has 6 heteroatoms. The first-order valence-electron chi connectivity index (χ1n) is 7.34. The first-order valence-corrected chi connectivity index (χ1v) is 7.34. The van der Waals surface area contributed by atoms with Gasteiger partial charge in [0.25, 0.3) is 0 Å². The molecule has 3 rings (SSSR count). The van der Waals surface area contributed by atoms with Crippen LogP contribution in [0.4, 0.5) is 0 Å². The number of ether oxygens (including phenoxy) is 2. The molecule has 6 nitrogen and oxygen atoms in total. The predicted molar refractivity (Wildman–Crippen MR) is 71.1 cm³/mol. The van der Waals surface area contributed by atoms with E-state index in [0.29, 0.717) is 19.8 Å². The summed E-state index contributed by atoms with van der Waals surface area (Å²) in [6.07, 6.45) is 2.46. The van der Waals surface area contributed by atoms with Crippen LogP contribution >= 0.6 is 0 Å². The van der Waals surface area contributed by atoms with Crippen molar-refractivity contribution in [3.8, 4) is 0 Å². The van der Waals surface area contributed by atoms with Crippen LogP contribution in [0.5, 0.6) is 0 Å². The highest BCUT2D eigenvalue weighted by Gasteiger charge is 2.42. The van der Waals surface area contributed by atoms with Gasteiger partial charge in [-0.2, -0.15) is 0 Å². The third-order valence-corrected chi connectivity index (χ3v) is 4.72. The lowest BCUT2D eigenvalue weighted by atomic mass is 9.88. The highest BCUT2D eigenvalue weighted by molar-refractivity contribution is 5.79. The van der Waals surface area contributed by atoms with Crippen LogP contribution in [0, 0.1) is 5.92 Å². The number of hydrogen-bond acceptors (Lipinski definition) is 4. The maximum absolute atomic E-state index is 12.3. The Balaban J connectivity index is 1.56. The largest absolute Gasteiger partial charge is 0.381 e. The number of piperidine rings is 1. The van der Waals surface area contributed by atoms with E-state index in [-0.39, 0.29) is 29.9 Å². The number of hydrogen-bond donors (Lipinski definition) is 0. The molecule has 1 spiro atoms. The summed E-state index contributed by atoms with van der Waals surface area (Å²) in [6, 6.07) is 0. The summed E-state index contributed by atoms with van der Waals surface area (Å²) in [5.74, 6) is 0.301. The minimum absolute atomic E-state index is 0.0391. The fraction of sp³-hybridized carbons (Fsp3) is 0.857. The Morgan fingerprint density at radius 2 is 2.10 bits per heavy atom. The van der Waals surface area contributed by atoms with E-state index in [1.54, 1.807) is 4.90 Å². The Morgan fingerprint density at radius 1 is 1.35 bits per heavy atom. The maximum atomic E-state index is 12.3. The highest BCUT2D eigenvalue weighted by atomic mass is 16.5. The van der Waals surface area contributed by atoms with Crippen LogP contribution in [-0.4, -0.2) is 73.7 Å². The van der Waals surface area contributed by atoms with E-state index in [0.717, 1.165) is 32.4 Å². The van der Waals surface area contributed by atoms with E-state index in [1.165, 1.54) is 0 Å². The van der Waals surface area contributed by atoms with E-state index < -0.39 is 0 Å². The minimum Gasteiger partial charge on any atom is -0.381 e. The molecule has 0 saturated carbocycles. The molecule has 0 radical (unpaired) electrons. The normalized spacial score (nSPS) is 30.1. The monoisotopic (exact) mass is 282 g/mol. The lowest BCUT2D eigenvalue weighted by Crippen LogP contribution is -2.58. The second-order valence-corrected chi connectivity index (χ2v) is 6.11. The third-order valence-electron chi connectivity index (χ3n) is 4.72. The van der Waals surface area contributed by atoms with Crippen LogP contribution < -0.4 is 0 Å². The Labute approximate surface area is 119 Å². The number of rotatable bonds is 1. The number of carbonyl (C=O) groups is 2. The Bertz CT molecular complexity index is 398. The van der Waals surface area contributed by atoms with Crippen molar-refractivity contribution in [2.75, 3.05) is 46.5 Å². The van der Waals surface area contributed by atoms with Crippen LogP contribution in [0.15, 0.2) is 0 Å². The molecular formula is C14H22N2O4. The van der Waals surface area contributed by atoms with Crippen molar-refractivity contribution in [3.63, 3.8) is 0 Å². The summed E-state index contributed by atoms with van der Waals surface area (Å²) in [5, 5.41) is 0. The first kappa shape index (κ1) is 13.8. The molecular weight excluding hydrogens is 260 g/mol. The van der Waals surface area contributed by atoms with Gasteiger partial charge < -0.3 is 19.3 Å². The minimum atomic E-state index is -0.244. The van der Waals surface area contributed by atoms with Gasteiger partial charge in [-0.15, -0.1) is 0 Å². The van der Waals surface area contributed by atoms with Crippen LogP contribution in [0.3, 0.4) is 0 Å². The Morgan fingerprint density at radius 3 is 2.70 bits per heavy atom. The molecule has 112 valence electrons. The summed E-state index contributed by atoms with van der Waals surface area (Å²) in [5.41, 5.74) is -0.244. The van der Waals surface area contributed by atoms with E-state index >= 15 is 0 Å². The number of morpholine rings is 1. The van der Waals surface area contributed by atoms with E-state index in [1.807, 2.05) is 11.9 Å². The van der Waals surface area contributed by atoms with Crippen LogP contribution in [0.25, 0.3) is 0 Å². The van der Waals surface area contributed by atoms with Gasteiger partial charge in [-0.3, -0.25) is 9.59 Å². The standard InChI is InChI=1S/C14H22N2O4/c1-15-10-14(20-9-12(15)17)3-5-16(6-4-14)13(18)11-2-7-19-8-11/h11H,2-10H2,1H3/t11-/m0/s1. The van der Waals surface area contributed by atoms with Gasteiger partial charge in [0, 0.05) is 33.3 Å². The van der Waals surface area contributed by atoms with Gasteiger partial charge >= 0.3 is 0 Å². The average molecular weight is 282 g/mol. The van der Waals surface area contributed by atoms with Crippen molar-refractivity contribution in [2.45, 2.75) is 24.9 Å². The number of likely N-dealkylation sites (tertiary alicyclic amines) is 1. The van der Waals surface area contributed by atoms with E-state index in [9.17, 15) is 9.59 Å². The van der Waals surface area contributed by atoms with Gasteiger partial charge in [-0.1, -0.05) is 0 Å². The zero-order valence-corrected chi connectivity index (χ0v) is 12.0. The highest BCUT2D eigenvalue weighted by Crippen LogP contribution is 2.31. The number of nitrogens with zero attached hydrogens (tertiary/aromatic N) is 2. The third kappa shape index (κ3) is 2.54. The summed E-state index contributed by atoms with van der Waals surface area (Å²) < 4.78 is 11.1. The molecule has 20 heavy (non-hydrogen) atoms. The lowest BCUT2D eigenvalue weighted by molar-refractivity contribution is -0.171. The molecule has 0 bridgehead atoms. The molecule has 2 amide bonds. The average Bonchev–Trinajstić information content (AvgIpc) is 2.98. The second kappa shape index (κ2) is 5.33. The van der Waals surface area contributed by atoms with E-state index in [4.69, 9.17) is 9.47 Å². The quantitative estimate of drug-likeness (QED) is 0.672. The van der Waals surface area contributed by atoms with Crippen molar-refractivity contribution in [1.82, 2.24) is 9.80 Å². The molecule has 3 saturated heterocycles. The molecule has 0 aromatic carbocycles. The van der Waals surface area contributed by atoms with Crippen molar-refractivity contribution in [3.05, 3.63) is 0 Å². The van der Waals surface area contributed by atoms with Crippen molar-refractivity contribution >= 4 is 11.8 Å². The van der Waals surface area contributed by atoms with Gasteiger partial charge in [-0.05, 0) is 19.3 Å². The Kier molecular flexibility index (Phi) is 3.69. The summed E-state index contributed by atoms with van der Waals surface area (Å²) >= 11 is 0. The number of likely N-dealkylation sites (N-methyl/N-ethyl adjacent to an activating group) is 1. The zero-order chi connectivity index (χ0) is 14.2. The molecule has 3 fully saturated rings. The van der Waals surface area contributed by atoms with Crippen molar-refractivity contribution in [1.29, 1.82) is 0 Å². The second-order valence-electron chi connectivity index (χ2n) is 6.11. The Hall–Kier alpha value is -1.14. The molecule has 0 aromatic rings. The molecule has 3 aliphatic rings. The summed E-state index contributed by atoms with van der Waals surface area (Å²) in [4.78, 5) is 27.5. The predicted octanol–water partition coefficient (Wildman–Crippen LogP) is -0.127. The van der Waals surface area contributed by atoms with Gasteiger partial charge in [0.15, 0.2) is 0 Å². The fourth-order valence-electron chi connectivity index (χ4n) is 3.32. The van der Waals surface area contributed by atoms with Gasteiger partial charge in [0.1, 0.15) is 6.61 Å². The van der Waals surface area contributed by atoms with Crippen LogP contribution in [0.2, 0.25) is 0 Å². The molecule has 0 unspecified atom stereocenters. The summed E-state index contributed by atoms with van der Waals surface area (Å²) in [6.45, 7) is 3.51. The molecule has 1 atom stereocenters. The van der Waals surface area contributed by atoms with Crippen LogP contribution in [-0.2, 0) is 19.1 Å². The molecule has 0 aromatic heterocycles. The lowest BCUT2D eigenvalue weighted by Gasteiger charge is -2.46. The summed E-state index contributed by atoms with van der Waals surface area (Å²) in [7, 11) is 1.82. The molecule has 3 aliphatic heterocycles. The molecule has 0 N–H and O–H groups in total. The maximum Gasteiger partial charge on any atom is 0.248 e. The van der Waals surface area contributed by atoms with Crippen molar-refractivity contribution in [2.24, 2.45) is 5.92 Å². The van der Waals surface area contributed by atoms with Gasteiger partial charge in [0.05, 0.1) is 18.1 Å².